The van der Waals surface area contributed by atoms with E-state index in [0.29, 0.717) is 30.6 Å². The van der Waals surface area contributed by atoms with Crippen LogP contribution in [0.5, 0.6) is 0 Å². The van der Waals surface area contributed by atoms with Crippen molar-refractivity contribution in [2.24, 2.45) is 5.92 Å². The van der Waals surface area contributed by atoms with Crippen LogP contribution in [0.25, 0.3) is 0 Å². The van der Waals surface area contributed by atoms with Crippen molar-refractivity contribution in [2.75, 3.05) is 32.7 Å². The molecule has 0 spiro atoms. The van der Waals surface area contributed by atoms with Gasteiger partial charge in [0.2, 0.25) is 15.9 Å². The molecule has 0 aliphatic carbocycles. The molecule has 2 fully saturated rings. The average Bonchev–Trinajstić information content (AvgIpc) is 2.77. The number of rotatable bonds is 8. The van der Waals surface area contributed by atoms with Gasteiger partial charge >= 0.3 is 0 Å². The fraction of sp³-hybridized carbons (Fsp3) is 0.682. The van der Waals surface area contributed by atoms with Crippen molar-refractivity contribution in [3.05, 3.63) is 29.3 Å². The molecule has 1 amide bonds. The van der Waals surface area contributed by atoms with E-state index in [-0.39, 0.29) is 23.3 Å². The second-order valence-corrected chi connectivity index (χ2v) is 10.8. The molecule has 2 heterocycles. The van der Waals surface area contributed by atoms with Crippen molar-refractivity contribution < 1.29 is 13.2 Å². The minimum Gasteiger partial charge on any atom is -0.356 e. The van der Waals surface area contributed by atoms with Gasteiger partial charge in [-0.1, -0.05) is 24.9 Å². The molecule has 168 valence electrons. The molecule has 0 saturated carbocycles. The van der Waals surface area contributed by atoms with Gasteiger partial charge in [-0.15, -0.1) is 0 Å². The van der Waals surface area contributed by atoms with E-state index in [9.17, 15) is 13.2 Å². The molecular weight excluding hydrogens is 422 g/mol. The predicted molar refractivity (Wildman–Crippen MR) is 120 cm³/mol. The molecule has 2 atom stereocenters. The lowest BCUT2D eigenvalue weighted by Crippen LogP contribution is -2.46. The van der Waals surface area contributed by atoms with Gasteiger partial charge in [-0.05, 0) is 69.3 Å². The van der Waals surface area contributed by atoms with Crippen molar-refractivity contribution in [3.63, 3.8) is 0 Å². The number of amides is 1. The fourth-order valence-corrected chi connectivity index (χ4v) is 6.23. The van der Waals surface area contributed by atoms with Crippen molar-refractivity contribution in [1.82, 2.24) is 14.5 Å². The van der Waals surface area contributed by atoms with Gasteiger partial charge in [0.05, 0.1) is 10.8 Å². The molecule has 0 bridgehead atoms. The monoisotopic (exact) mass is 455 g/mol. The summed E-state index contributed by atoms with van der Waals surface area (Å²) in [6.07, 6.45) is 7.40. The van der Waals surface area contributed by atoms with Crippen LogP contribution in [0.2, 0.25) is 5.02 Å². The summed E-state index contributed by atoms with van der Waals surface area (Å²) < 4.78 is 27.2. The molecule has 2 aliphatic heterocycles. The van der Waals surface area contributed by atoms with Crippen LogP contribution in [-0.4, -0.2) is 62.3 Å². The number of likely N-dealkylation sites (tertiary alicyclic amines) is 1. The van der Waals surface area contributed by atoms with Crippen LogP contribution >= 0.6 is 11.6 Å². The molecular formula is C22H34ClN3O3S. The SMILES string of the molecule is CC[C@@H]1CCCCN1CCCNC(=O)[C@@H]1CCCN(S(=O)(=O)c2ccc(Cl)cc2)C1. The van der Waals surface area contributed by atoms with Crippen molar-refractivity contribution in [1.29, 1.82) is 0 Å². The van der Waals surface area contributed by atoms with E-state index in [2.05, 4.69) is 17.1 Å². The Hall–Kier alpha value is -1.15. The molecule has 30 heavy (non-hydrogen) atoms. The lowest BCUT2D eigenvalue weighted by Gasteiger charge is -2.35. The zero-order valence-corrected chi connectivity index (χ0v) is 19.4. The van der Waals surface area contributed by atoms with Crippen LogP contribution in [0.3, 0.4) is 0 Å². The Labute approximate surface area is 186 Å². The first kappa shape index (κ1) is 23.5. The third-order valence-corrected chi connectivity index (χ3v) is 8.48. The van der Waals surface area contributed by atoms with E-state index in [1.807, 2.05) is 0 Å². The molecule has 2 saturated heterocycles. The first-order valence-electron chi connectivity index (χ1n) is 11.2. The van der Waals surface area contributed by atoms with E-state index in [1.54, 1.807) is 12.1 Å². The molecule has 8 heteroatoms. The van der Waals surface area contributed by atoms with Crippen molar-refractivity contribution >= 4 is 27.5 Å². The maximum atomic E-state index is 12.9. The van der Waals surface area contributed by atoms with Crippen LogP contribution in [0.4, 0.5) is 0 Å². The standard InChI is InChI=1S/C22H34ClN3O3S/c1-2-20-8-3-4-14-25(20)15-6-13-24-22(27)18-7-5-16-26(17-18)30(28,29)21-11-9-19(23)10-12-21/h9-12,18,20H,2-8,13-17H2,1H3,(H,24,27)/t18-,20-/m1/s1. The summed E-state index contributed by atoms with van der Waals surface area (Å²) in [7, 11) is -3.61. The number of carbonyl (C=O) groups is 1. The van der Waals surface area contributed by atoms with Crippen LogP contribution < -0.4 is 5.32 Å². The second kappa shape index (κ2) is 10.9. The van der Waals surface area contributed by atoms with Crippen molar-refractivity contribution in [2.45, 2.75) is 62.8 Å². The maximum Gasteiger partial charge on any atom is 0.243 e. The first-order valence-corrected chi connectivity index (χ1v) is 13.0. The van der Waals surface area contributed by atoms with Gasteiger partial charge in [-0.3, -0.25) is 4.79 Å². The number of sulfonamides is 1. The lowest BCUT2D eigenvalue weighted by molar-refractivity contribution is -0.126. The summed E-state index contributed by atoms with van der Waals surface area (Å²) in [5.74, 6) is -0.323. The van der Waals surface area contributed by atoms with Gasteiger partial charge < -0.3 is 10.2 Å². The summed E-state index contributed by atoms with van der Waals surface area (Å²) in [5, 5.41) is 3.54. The Balaban J connectivity index is 1.47. The molecule has 2 aliphatic rings. The molecule has 0 radical (unpaired) electrons. The second-order valence-electron chi connectivity index (χ2n) is 8.39. The number of piperidine rings is 2. The largest absolute Gasteiger partial charge is 0.356 e. The van der Waals surface area contributed by atoms with Gasteiger partial charge in [0.1, 0.15) is 0 Å². The smallest absolute Gasteiger partial charge is 0.243 e. The molecule has 0 aromatic heterocycles. The third kappa shape index (κ3) is 5.96. The molecule has 3 rings (SSSR count). The number of hydrogen-bond acceptors (Lipinski definition) is 4. The Morgan fingerprint density at radius 3 is 2.63 bits per heavy atom. The fourth-order valence-electron chi connectivity index (χ4n) is 4.59. The summed E-state index contributed by atoms with van der Waals surface area (Å²) in [6, 6.07) is 6.87. The van der Waals surface area contributed by atoms with Crippen LogP contribution in [0.15, 0.2) is 29.2 Å². The van der Waals surface area contributed by atoms with E-state index in [4.69, 9.17) is 11.6 Å². The van der Waals surface area contributed by atoms with Gasteiger partial charge in [-0.25, -0.2) is 8.42 Å². The van der Waals surface area contributed by atoms with E-state index in [0.717, 1.165) is 25.9 Å². The number of benzene rings is 1. The predicted octanol–water partition coefficient (Wildman–Crippen LogP) is 3.51. The summed E-state index contributed by atoms with van der Waals surface area (Å²) in [5.41, 5.74) is 0. The van der Waals surface area contributed by atoms with Crippen LogP contribution in [0.1, 0.15) is 51.9 Å². The Morgan fingerprint density at radius 2 is 1.90 bits per heavy atom. The highest BCUT2D eigenvalue weighted by molar-refractivity contribution is 7.89. The lowest BCUT2D eigenvalue weighted by atomic mass is 9.98. The summed E-state index contributed by atoms with van der Waals surface area (Å²) >= 11 is 5.87. The molecule has 0 unspecified atom stereocenters. The molecule has 6 nitrogen and oxygen atoms in total. The Bertz CT molecular complexity index is 800. The quantitative estimate of drug-likeness (QED) is 0.609. The summed E-state index contributed by atoms with van der Waals surface area (Å²) in [4.78, 5) is 15.4. The highest BCUT2D eigenvalue weighted by atomic mass is 35.5. The van der Waals surface area contributed by atoms with Gasteiger partial charge in [0.15, 0.2) is 0 Å². The van der Waals surface area contributed by atoms with Gasteiger partial charge in [-0.2, -0.15) is 4.31 Å². The Morgan fingerprint density at radius 1 is 1.13 bits per heavy atom. The zero-order valence-electron chi connectivity index (χ0n) is 17.9. The van der Waals surface area contributed by atoms with Crippen molar-refractivity contribution in [3.8, 4) is 0 Å². The van der Waals surface area contributed by atoms with Gasteiger partial charge in [0.25, 0.3) is 0 Å². The number of nitrogens with zero attached hydrogens (tertiary/aromatic N) is 2. The summed E-state index contributed by atoms with van der Waals surface area (Å²) in [6.45, 7) is 5.75. The third-order valence-electron chi connectivity index (χ3n) is 6.35. The van der Waals surface area contributed by atoms with E-state index >= 15 is 0 Å². The number of nitrogens with one attached hydrogen (secondary N) is 1. The molecule has 1 aromatic carbocycles. The number of carbonyl (C=O) groups excluding carboxylic acids is 1. The topological polar surface area (TPSA) is 69.7 Å². The van der Waals surface area contributed by atoms with E-state index in [1.165, 1.54) is 42.1 Å². The Kier molecular flexibility index (Phi) is 8.57. The van der Waals surface area contributed by atoms with Gasteiger partial charge in [0, 0.05) is 37.2 Å². The van der Waals surface area contributed by atoms with E-state index < -0.39 is 10.0 Å². The highest BCUT2D eigenvalue weighted by Crippen LogP contribution is 2.25. The normalized spacial score (nSPS) is 23.9. The first-order chi connectivity index (χ1) is 14.4. The van der Waals surface area contributed by atoms with Crippen LogP contribution in [0, 0.1) is 5.92 Å². The molecule has 1 N–H and O–H groups in total. The number of halogens is 1. The minimum atomic E-state index is -3.61. The minimum absolute atomic E-state index is 0.0308. The van der Waals surface area contributed by atoms with Crippen LogP contribution in [-0.2, 0) is 14.8 Å². The zero-order chi connectivity index (χ0) is 21.6. The average molecular weight is 456 g/mol. The maximum absolute atomic E-state index is 12.9. The number of hydrogen-bond donors (Lipinski definition) is 1. The highest BCUT2D eigenvalue weighted by Gasteiger charge is 2.33. The molecule has 1 aromatic rings.